The lowest BCUT2D eigenvalue weighted by atomic mass is 10.1. The Morgan fingerprint density at radius 2 is 2.00 bits per heavy atom. The number of ether oxygens (including phenoxy) is 1. The van der Waals surface area contributed by atoms with Gasteiger partial charge in [0.15, 0.2) is 0 Å². The highest BCUT2D eigenvalue weighted by atomic mass is 32.1. The lowest BCUT2D eigenvalue weighted by molar-refractivity contribution is 0.0633. The van der Waals surface area contributed by atoms with Gasteiger partial charge in [0.1, 0.15) is 10.6 Å². The summed E-state index contributed by atoms with van der Waals surface area (Å²) >= 11 is 1.59. The smallest absolute Gasteiger partial charge is 0.264 e. The summed E-state index contributed by atoms with van der Waals surface area (Å²) in [4.78, 5) is 19.6. The molecule has 0 saturated carbocycles. The lowest BCUT2D eigenvalue weighted by Crippen LogP contribution is -2.48. The van der Waals surface area contributed by atoms with Crippen molar-refractivity contribution in [3.05, 3.63) is 46.0 Å². The second-order valence-corrected chi connectivity index (χ2v) is 10.1. The first kappa shape index (κ1) is 20.5. The number of aromatic nitrogens is 2. The number of carbonyl (C=O) groups excluding carboxylic acids is 1. The third kappa shape index (κ3) is 4.08. The molecule has 6 nitrogen and oxygen atoms in total. The van der Waals surface area contributed by atoms with E-state index in [-0.39, 0.29) is 5.91 Å². The van der Waals surface area contributed by atoms with Crippen molar-refractivity contribution in [2.24, 2.45) is 5.92 Å². The molecule has 4 heterocycles. The zero-order chi connectivity index (χ0) is 21.5. The van der Waals surface area contributed by atoms with E-state index in [1.165, 1.54) is 11.1 Å². The fraction of sp³-hybridized carbons (Fsp3) is 0.500. The molecule has 0 aliphatic carbocycles. The van der Waals surface area contributed by atoms with Crippen LogP contribution in [0.2, 0.25) is 0 Å². The minimum Gasteiger partial charge on any atom is -0.493 e. The SMILES string of the molecule is Cc1nn(CC(C)C)c2sc(C(=O)N3CCN(Cc4ccc5c(c4)CCO5)CC3)cc12. The lowest BCUT2D eigenvalue weighted by Gasteiger charge is -2.34. The summed E-state index contributed by atoms with van der Waals surface area (Å²) in [5, 5.41) is 5.78. The Balaban J connectivity index is 1.23. The highest BCUT2D eigenvalue weighted by molar-refractivity contribution is 7.20. The van der Waals surface area contributed by atoms with Crippen LogP contribution in [0.3, 0.4) is 0 Å². The molecule has 0 N–H and O–H groups in total. The predicted molar refractivity (Wildman–Crippen MR) is 124 cm³/mol. The Hall–Kier alpha value is -2.38. The zero-order valence-corrected chi connectivity index (χ0v) is 19.4. The number of amides is 1. The van der Waals surface area contributed by atoms with Crippen LogP contribution in [-0.2, 0) is 19.5 Å². The molecule has 1 saturated heterocycles. The molecule has 2 aromatic heterocycles. The number of piperazine rings is 1. The Bertz CT molecular complexity index is 1110. The minimum atomic E-state index is 0.158. The third-order valence-electron chi connectivity index (χ3n) is 6.18. The van der Waals surface area contributed by atoms with E-state index in [9.17, 15) is 4.79 Å². The molecular weight excluding hydrogens is 408 g/mol. The van der Waals surface area contributed by atoms with Crippen LogP contribution in [-0.4, -0.2) is 58.3 Å². The zero-order valence-electron chi connectivity index (χ0n) is 18.6. The van der Waals surface area contributed by atoms with E-state index >= 15 is 0 Å². The van der Waals surface area contributed by atoms with Gasteiger partial charge in [-0.25, -0.2) is 0 Å². The molecule has 3 aromatic rings. The molecule has 2 aliphatic rings. The average molecular weight is 439 g/mol. The van der Waals surface area contributed by atoms with Crippen molar-refractivity contribution in [1.82, 2.24) is 19.6 Å². The van der Waals surface area contributed by atoms with Gasteiger partial charge < -0.3 is 9.64 Å². The summed E-state index contributed by atoms with van der Waals surface area (Å²) in [6, 6.07) is 8.59. The summed E-state index contributed by atoms with van der Waals surface area (Å²) in [5.74, 6) is 1.72. The van der Waals surface area contributed by atoms with Gasteiger partial charge in [0.25, 0.3) is 5.91 Å². The summed E-state index contributed by atoms with van der Waals surface area (Å²) in [5.41, 5.74) is 3.66. The molecular formula is C24H30N4O2S. The number of hydrogen-bond acceptors (Lipinski definition) is 5. The second kappa shape index (κ2) is 8.28. The third-order valence-corrected chi connectivity index (χ3v) is 7.31. The minimum absolute atomic E-state index is 0.158. The molecule has 0 radical (unpaired) electrons. The fourth-order valence-electron chi connectivity index (χ4n) is 4.55. The van der Waals surface area contributed by atoms with Crippen molar-refractivity contribution in [3.8, 4) is 5.75 Å². The van der Waals surface area contributed by atoms with Crippen molar-refractivity contribution < 1.29 is 9.53 Å². The van der Waals surface area contributed by atoms with Crippen LogP contribution in [0, 0.1) is 12.8 Å². The van der Waals surface area contributed by atoms with Gasteiger partial charge in [0, 0.05) is 51.1 Å². The molecule has 1 amide bonds. The molecule has 7 heteroatoms. The van der Waals surface area contributed by atoms with Crippen molar-refractivity contribution >= 4 is 27.5 Å². The van der Waals surface area contributed by atoms with E-state index in [1.807, 2.05) is 17.9 Å². The topological polar surface area (TPSA) is 50.6 Å². The summed E-state index contributed by atoms with van der Waals surface area (Å²) in [7, 11) is 0. The average Bonchev–Trinajstić information content (AvgIpc) is 3.45. The van der Waals surface area contributed by atoms with Gasteiger partial charge in [0.05, 0.1) is 17.2 Å². The van der Waals surface area contributed by atoms with Gasteiger partial charge in [-0.3, -0.25) is 14.4 Å². The van der Waals surface area contributed by atoms with E-state index in [1.54, 1.807) is 11.3 Å². The van der Waals surface area contributed by atoms with Crippen LogP contribution >= 0.6 is 11.3 Å². The Morgan fingerprint density at radius 3 is 2.77 bits per heavy atom. The van der Waals surface area contributed by atoms with Crippen LogP contribution in [0.1, 0.15) is 40.3 Å². The molecule has 1 fully saturated rings. The summed E-state index contributed by atoms with van der Waals surface area (Å²) in [6.07, 6.45) is 1.01. The molecule has 31 heavy (non-hydrogen) atoms. The highest BCUT2D eigenvalue weighted by Gasteiger charge is 2.25. The van der Waals surface area contributed by atoms with Crippen molar-refractivity contribution in [3.63, 3.8) is 0 Å². The summed E-state index contributed by atoms with van der Waals surface area (Å²) in [6.45, 7) is 12.4. The van der Waals surface area contributed by atoms with Crippen molar-refractivity contribution in [1.29, 1.82) is 0 Å². The van der Waals surface area contributed by atoms with Crippen LogP contribution in [0.5, 0.6) is 5.75 Å². The van der Waals surface area contributed by atoms with Gasteiger partial charge in [-0.1, -0.05) is 26.0 Å². The van der Waals surface area contributed by atoms with Gasteiger partial charge >= 0.3 is 0 Å². The first-order chi connectivity index (χ1) is 15.0. The number of carbonyl (C=O) groups is 1. The highest BCUT2D eigenvalue weighted by Crippen LogP contribution is 2.30. The number of thiophene rings is 1. The molecule has 164 valence electrons. The van der Waals surface area contributed by atoms with E-state index < -0.39 is 0 Å². The number of nitrogens with zero attached hydrogens (tertiary/aromatic N) is 4. The van der Waals surface area contributed by atoms with E-state index in [0.29, 0.717) is 5.92 Å². The fourth-order valence-corrected chi connectivity index (χ4v) is 5.69. The number of fused-ring (bicyclic) bond motifs is 2. The Kier molecular flexibility index (Phi) is 5.48. The van der Waals surface area contributed by atoms with E-state index in [0.717, 1.165) is 78.8 Å². The van der Waals surface area contributed by atoms with Crippen LogP contribution in [0.15, 0.2) is 24.3 Å². The second-order valence-electron chi connectivity index (χ2n) is 9.10. The normalized spacial score (nSPS) is 16.8. The first-order valence-corrected chi connectivity index (χ1v) is 12.0. The van der Waals surface area contributed by atoms with Crippen LogP contribution < -0.4 is 4.74 Å². The molecule has 1 aromatic carbocycles. The molecule has 0 atom stereocenters. The van der Waals surface area contributed by atoms with Crippen LogP contribution in [0.4, 0.5) is 0 Å². The molecule has 0 spiro atoms. The van der Waals surface area contributed by atoms with Crippen molar-refractivity contribution in [2.45, 2.75) is 40.3 Å². The van der Waals surface area contributed by atoms with E-state index in [4.69, 9.17) is 4.74 Å². The molecule has 0 bridgehead atoms. The maximum Gasteiger partial charge on any atom is 0.264 e. The molecule has 5 rings (SSSR count). The first-order valence-electron chi connectivity index (χ1n) is 11.2. The number of aryl methyl sites for hydroxylation is 1. The van der Waals surface area contributed by atoms with Gasteiger partial charge in [0.2, 0.25) is 0 Å². The number of hydrogen-bond donors (Lipinski definition) is 0. The quantitative estimate of drug-likeness (QED) is 0.605. The van der Waals surface area contributed by atoms with Gasteiger partial charge in [-0.15, -0.1) is 11.3 Å². The van der Waals surface area contributed by atoms with Crippen molar-refractivity contribution in [2.75, 3.05) is 32.8 Å². The number of benzene rings is 1. The largest absolute Gasteiger partial charge is 0.493 e. The van der Waals surface area contributed by atoms with Gasteiger partial charge in [-0.2, -0.15) is 5.10 Å². The molecule has 0 unspecified atom stereocenters. The maximum atomic E-state index is 13.2. The molecule has 2 aliphatic heterocycles. The van der Waals surface area contributed by atoms with Gasteiger partial charge in [-0.05, 0) is 36.1 Å². The standard InChI is InChI=1S/C24H30N4O2S/c1-16(2)14-28-24-20(17(3)25-28)13-22(31-24)23(29)27-9-7-26(8-10-27)15-18-4-5-21-19(12-18)6-11-30-21/h4-5,12-13,16H,6-11,14-15H2,1-3H3. The number of rotatable bonds is 5. The Labute approximate surface area is 187 Å². The Morgan fingerprint density at radius 1 is 1.19 bits per heavy atom. The maximum absolute atomic E-state index is 13.2. The predicted octanol–water partition coefficient (Wildman–Crippen LogP) is 3.96. The summed E-state index contributed by atoms with van der Waals surface area (Å²) < 4.78 is 7.68. The van der Waals surface area contributed by atoms with E-state index in [2.05, 4.69) is 46.7 Å². The van der Waals surface area contributed by atoms with Crippen LogP contribution in [0.25, 0.3) is 10.2 Å². The monoisotopic (exact) mass is 438 g/mol.